The Hall–Kier alpha value is 0.190. The molecule has 0 heterocycles. The molecule has 0 N–H and O–H groups in total. The van der Waals surface area contributed by atoms with Crippen LogP contribution in [0.4, 0.5) is 0 Å². The number of hydrogen-bond donors (Lipinski definition) is 0. The van der Waals surface area contributed by atoms with E-state index < -0.39 is 10.0 Å². The van der Waals surface area contributed by atoms with Crippen molar-refractivity contribution in [3.05, 3.63) is 28.2 Å². The van der Waals surface area contributed by atoms with Crippen LogP contribution in [-0.4, -0.2) is 30.6 Å². The van der Waals surface area contributed by atoms with Crippen LogP contribution < -0.4 is 0 Å². The van der Waals surface area contributed by atoms with Gasteiger partial charge in [0.15, 0.2) is 0 Å². The second kappa shape index (κ2) is 6.97. The summed E-state index contributed by atoms with van der Waals surface area (Å²) >= 11 is 15.2. The molecule has 1 aliphatic carbocycles. The van der Waals surface area contributed by atoms with Crippen LogP contribution in [0.5, 0.6) is 0 Å². The molecule has 1 fully saturated rings. The number of rotatable bonds is 6. The van der Waals surface area contributed by atoms with Gasteiger partial charge in [-0.2, -0.15) is 4.31 Å². The van der Waals surface area contributed by atoms with E-state index >= 15 is 0 Å². The lowest BCUT2D eigenvalue weighted by Crippen LogP contribution is -2.44. The van der Waals surface area contributed by atoms with Crippen molar-refractivity contribution in [1.82, 2.24) is 4.31 Å². The van der Waals surface area contributed by atoms with Gasteiger partial charge in [0.2, 0.25) is 10.0 Å². The zero-order chi connectivity index (χ0) is 14.8. The van der Waals surface area contributed by atoms with Crippen molar-refractivity contribution in [2.24, 2.45) is 0 Å². The van der Waals surface area contributed by atoms with E-state index in [0.29, 0.717) is 16.6 Å². The lowest BCUT2D eigenvalue weighted by molar-refractivity contribution is 0.220. The van der Waals surface area contributed by atoms with Crippen molar-refractivity contribution >= 4 is 49.2 Å². The Morgan fingerprint density at radius 3 is 2.25 bits per heavy atom. The van der Waals surface area contributed by atoms with E-state index in [0.717, 1.165) is 31.0 Å². The fourth-order valence-corrected chi connectivity index (χ4v) is 4.90. The number of halogens is 3. The first kappa shape index (κ1) is 16.6. The summed E-state index contributed by atoms with van der Waals surface area (Å²) < 4.78 is 27.1. The minimum Gasteiger partial charge on any atom is -0.207 e. The molecule has 20 heavy (non-hydrogen) atoms. The van der Waals surface area contributed by atoms with Gasteiger partial charge < -0.3 is 0 Å². The third kappa shape index (κ3) is 3.69. The van der Waals surface area contributed by atoms with Crippen LogP contribution in [0.2, 0.25) is 10.0 Å². The summed E-state index contributed by atoms with van der Waals surface area (Å²) in [5, 5.41) is 1.46. The fourth-order valence-electron chi connectivity index (χ4n) is 2.20. The van der Waals surface area contributed by atoms with Crippen molar-refractivity contribution in [1.29, 1.82) is 0 Å². The lowest BCUT2D eigenvalue weighted by atomic mass is 9.93. The van der Waals surface area contributed by atoms with Crippen molar-refractivity contribution in [3.8, 4) is 0 Å². The van der Waals surface area contributed by atoms with Gasteiger partial charge in [-0.3, -0.25) is 0 Å². The van der Waals surface area contributed by atoms with Crippen molar-refractivity contribution in [3.63, 3.8) is 0 Å². The first-order valence-corrected chi connectivity index (χ1v) is 9.81. The lowest BCUT2D eigenvalue weighted by Gasteiger charge is -2.36. The summed E-state index contributed by atoms with van der Waals surface area (Å²) in [6, 6.07) is 4.57. The molecule has 0 atom stereocenters. The average Bonchev–Trinajstić information content (AvgIpc) is 2.30. The minimum atomic E-state index is -3.53. The molecule has 0 spiro atoms. The molecule has 2 rings (SSSR count). The molecule has 1 aliphatic rings. The molecular formula is C13H16BrCl2NO2S. The van der Waals surface area contributed by atoms with Gasteiger partial charge in [0.05, 0.1) is 4.90 Å². The fraction of sp³-hybridized carbons (Fsp3) is 0.538. The summed E-state index contributed by atoms with van der Waals surface area (Å²) in [6.45, 7) is 0.516. The first-order valence-electron chi connectivity index (χ1n) is 6.49. The normalized spacial score (nSPS) is 16.4. The molecule has 3 nitrogen and oxygen atoms in total. The van der Waals surface area contributed by atoms with Crippen LogP contribution in [0.3, 0.4) is 0 Å². The van der Waals surface area contributed by atoms with E-state index in [9.17, 15) is 8.42 Å². The van der Waals surface area contributed by atoms with E-state index in [1.54, 1.807) is 4.31 Å². The van der Waals surface area contributed by atoms with Crippen LogP contribution in [-0.2, 0) is 10.0 Å². The number of benzene rings is 1. The minimum absolute atomic E-state index is 0.108. The number of hydrogen-bond acceptors (Lipinski definition) is 2. The summed E-state index contributed by atoms with van der Waals surface area (Å²) in [4.78, 5) is 0.177. The molecule has 0 unspecified atom stereocenters. The maximum Gasteiger partial charge on any atom is 0.243 e. The highest BCUT2D eigenvalue weighted by atomic mass is 79.9. The van der Waals surface area contributed by atoms with Gasteiger partial charge in [-0.1, -0.05) is 45.6 Å². The van der Waals surface area contributed by atoms with Crippen LogP contribution in [0, 0.1) is 0 Å². The molecule has 7 heteroatoms. The van der Waals surface area contributed by atoms with Gasteiger partial charge in [0.25, 0.3) is 0 Å². The molecule has 0 aromatic heterocycles. The summed E-state index contributed by atoms with van der Waals surface area (Å²) in [5.41, 5.74) is 0. The molecular weight excluding hydrogens is 385 g/mol. The van der Waals surface area contributed by atoms with E-state index in [-0.39, 0.29) is 10.9 Å². The van der Waals surface area contributed by atoms with Crippen LogP contribution in [0.1, 0.15) is 25.7 Å². The van der Waals surface area contributed by atoms with Gasteiger partial charge >= 0.3 is 0 Å². The summed E-state index contributed by atoms with van der Waals surface area (Å²) in [7, 11) is -3.53. The molecule has 1 saturated carbocycles. The van der Waals surface area contributed by atoms with Gasteiger partial charge in [-0.15, -0.1) is 0 Å². The maximum atomic E-state index is 12.8. The van der Waals surface area contributed by atoms with Crippen LogP contribution in [0.25, 0.3) is 0 Å². The third-order valence-electron chi connectivity index (χ3n) is 3.44. The molecule has 0 saturated heterocycles. The monoisotopic (exact) mass is 399 g/mol. The van der Waals surface area contributed by atoms with E-state index in [1.807, 2.05) is 0 Å². The molecule has 0 radical (unpaired) electrons. The number of alkyl halides is 1. The standard InChI is InChI=1S/C13H16BrCl2NO2S/c14-5-2-6-17(12-3-1-4-12)20(18,19)13-8-10(15)7-11(16)9-13/h7-9,12H,1-6H2. The largest absolute Gasteiger partial charge is 0.243 e. The Bertz CT molecular complexity index is 555. The topological polar surface area (TPSA) is 37.4 Å². The average molecular weight is 401 g/mol. The Labute approximate surface area is 138 Å². The zero-order valence-corrected chi connectivity index (χ0v) is 14.8. The van der Waals surface area contributed by atoms with Crippen LogP contribution >= 0.6 is 39.1 Å². The van der Waals surface area contributed by atoms with Crippen LogP contribution in [0.15, 0.2) is 23.1 Å². The van der Waals surface area contributed by atoms with Gasteiger partial charge in [0.1, 0.15) is 0 Å². The van der Waals surface area contributed by atoms with Gasteiger partial charge in [-0.05, 0) is 37.5 Å². The molecule has 0 aliphatic heterocycles. The van der Waals surface area contributed by atoms with Crippen molar-refractivity contribution < 1.29 is 8.42 Å². The maximum absolute atomic E-state index is 12.8. The highest BCUT2D eigenvalue weighted by Crippen LogP contribution is 2.32. The second-order valence-electron chi connectivity index (χ2n) is 4.85. The molecule has 1 aromatic rings. The highest BCUT2D eigenvalue weighted by molar-refractivity contribution is 9.09. The predicted octanol–water partition coefficient (Wildman–Crippen LogP) is 4.32. The summed E-state index contributed by atoms with van der Waals surface area (Å²) in [6.07, 6.45) is 3.72. The van der Waals surface area contributed by atoms with Gasteiger partial charge in [-0.25, -0.2) is 8.42 Å². The Morgan fingerprint density at radius 2 is 1.80 bits per heavy atom. The Kier molecular flexibility index (Phi) is 5.77. The smallest absolute Gasteiger partial charge is 0.207 e. The van der Waals surface area contributed by atoms with E-state index in [4.69, 9.17) is 23.2 Å². The van der Waals surface area contributed by atoms with Crippen molar-refractivity contribution in [2.75, 3.05) is 11.9 Å². The number of nitrogens with zero attached hydrogens (tertiary/aromatic N) is 1. The Morgan fingerprint density at radius 1 is 1.20 bits per heavy atom. The predicted molar refractivity (Wildman–Crippen MR) is 86.4 cm³/mol. The summed E-state index contributed by atoms with van der Waals surface area (Å²) in [5.74, 6) is 0. The third-order valence-corrected chi connectivity index (χ3v) is 6.36. The van der Waals surface area contributed by atoms with Gasteiger partial charge in [0, 0.05) is 28.0 Å². The molecule has 0 bridgehead atoms. The second-order valence-corrected chi connectivity index (χ2v) is 8.40. The molecule has 0 amide bonds. The van der Waals surface area contributed by atoms with E-state index in [1.165, 1.54) is 18.2 Å². The quantitative estimate of drug-likeness (QED) is 0.666. The first-order chi connectivity index (χ1) is 9.45. The number of sulfonamides is 1. The highest BCUT2D eigenvalue weighted by Gasteiger charge is 2.34. The SMILES string of the molecule is O=S(=O)(c1cc(Cl)cc(Cl)c1)N(CCCBr)C1CCC1. The van der Waals surface area contributed by atoms with E-state index in [2.05, 4.69) is 15.9 Å². The molecule has 1 aromatic carbocycles. The van der Waals surface area contributed by atoms with Crippen molar-refractivity contribution in [2.45, 2.75) is 36.6 Å². The zero-order valence-electron chi connectivity index (χ0n) is 10.9. The Balaban J connectivity index is 2.33. The molecule has 112 valence electrons.